The van der Waals surface area contributed by atoms with Crippen molar-refractivity contribution in [1.82, 2.24) is 9.80 Å². The topological polar surface area (TPSA) is 55.8 Å². The van der Waals surface area contributed by atoms with Crippen molar-refractivity contribution in [1.29, 1.82) is 0 Å². The Morgan fingerprint density at radius 3 is 2.48 bits per heavy atom. The van der Waals surface area contributed by atoms with Gasteiger partial charge in [-0.25, -0.2) is 4.79 Å². The van der Waals surface area contributed by atoms with Crippen molar-refractivity contribution in [2.75, 3.05) is 26.0 Å². The van der Waals surface area contributed by atoms with Crippen LogP contribution in [0.1, 0.15) is 51.5 Å². The Kier molecular flexibility index (Phi) is 6.85. The van der Waals surface area contributed by atoms with Crippen LogP contribution in [0.3, 0.4) is 0 Å². The number of nitrogens with zero attached hydrogens (tertiary/aromatic N) is 2. The van der Waals surface area contributed by atoms with Crippen LogP contribution in [-0.4, -0.2) is 53.2 Å². The van der Waals surface area contributed by atoms with E-state index in [0.29, 0.717) is 6.04 Å². The second-order valence-electron chi connectivity index (χ2n) is 7.96. The van der Waals surface area contributed by atoms with E-state index < -0.39 is 5.60 Å². The molecule has 1 aromatic carbocycles. The van der Waals surface area contributed by atoms with Crippen molar-refractivity contribution >= 4 is 11.7 Å². The van der Waals surface area contributed by atoms with Gasteiger partial charge in [0.25, 0.3) is 0 Å². The first-order valence-electron chi connectivity index (χ1n) is 9.29. The molecule has 2 N–H and O–H groups in total. The smallest absolute Gasteiger partial charge is 0.321 e. The monoisotopic (exact) mass is 347 g/mol. The van der Waals surface area contributed by atoms with E-state index in [2.05, 4.69) is 23.3 Å². The molecule has 0 atom stereocenters. The van der Waals surface area contributed by atoms with Gasteiger partial charge < -0.3 is 15.3 Å². The average molecular weight is 348 g/mol. The van der Waals surface area contributed by atoms with E-state index in [1.807, 2.05) is 18.2 Å². The summed E-state index contributed by atoms with van der Waals surface area (Å²) < 4.78 is 0. The average Bonchev–Trinajstić information content (AvgIpc) is 2.55. The van der Waals surface area contributed by atoms with Gasteiger partial charge in [-0.05, 0) is 45.4 Å². The number of hydrogen-bond acceptors (Lipinski definition) is 3. The molecule has 2 rings (SSSR count). The number of carbonyl (C=O) groups excluding carboxylic acids is 1. The number of para-hydroxylation sites is 1. The van der Waals surface area contributed by atoms with Gasteiger partial charge in [-0.1, -0.05) is 37.5 Å². The highest BCUT2D eigenvalue weighted by atomic mass is 16.3. The number of likely N-dealkylation sites (N-methyl/N-ethyl adjacent to an activating group) is 1. The molecule has 25 heavy (non-hydrogen) atoms. The molecular weight excluding hydrogens is 314 g/mol. The highest BCUT2D eigenvalue weighted by molar-refractivity contribution is 5.90. The molecule has 1 aliphatic rings. The molecule has 0 saturated heterocycles. The van der Waals surface area contributed by atoms with Crippen LogP contribution in [0.4, 0.5) is 10.5 Å². The number of carbonyl (C=O) groups is 1. The van der Waals surface area contributed by atoms with E-state index in [-0.39, 0.29) is 12.6 Å². The number of anilines is 1. The molecule has 0 aliphatic heterocycles. The summed E-state index contributed by atoms with van der Waals surface area (Å²) in [5.74, 6) is 0. The third kappa shape index (κ3) is 6.33. The van der Waals surface area contributed by atoms with Crippen molar-refractivity contribution in [3.8, 4) is 0 Å². The first kappa shape index (κ1) is 19.7. The molecule has 1 aromatic rings. The zero-order valence-electron chi connectivity index (χ0n) is 16.1. The lowest BCUT2D eigenvalue weighted by Gasteiger charge is -2.32. The Labute approximate surface area is 152 Å². The number of nitrogens with one attached hydrogen (secondary N) is 1. The zero-order valence-corrected chi connectivity index (χ0v) is 16.1. The van der Waals surface area contributed by atoms with Crippen molar-refractivity contribution in [3.63, 3.8) is 0 Å². The maximum Gasteiger partial charge on any atom is 0.321 e. The fourth-order valence-electron chi connectivity index (χ4n) is 3.56. The molecule has 0 bridgehead atoms. The van der Waals surface area contributed by atoms with Crippen LogP contribution in [0.2, 0.25) is 0 Å². The summed E-state index contributed by atoms with van der Waals surface area (Å²) in [6, 6.07) is 8.41. The summed E-state index contributed by atoms with van der Waals surface area (Å²) in [5, 5.41) is 12.9. The lowest BCUT2D eigenvalue weighted by molar-refractivity contribution is 0.0550. The third-order valence-corrected chi connectivity index (χ3v) is 4.85. The van der Waals surface area contributed by atoms with Crippen LogP contribution >= 0.6 is 0 Å². The zero-order chi connectivity index (χ0) is 18.4. The number of amides is 2. The van der Waals surface area contributed by atoms with Crippen LogP contribution in [0.25, 0.3) is 0 Å². The maximum absolute atomic E-state index is 12.4. The standard InChI is InChI=1S/C20H33N3O2/c1-20(2,25)15-23(4)19(24)21-18-13-9-8-10-16(18)14-22(3)17-11-6-5-7-12-17/h8-10,13,17,25H,5-7,11-12,14-15H2,1-4H3,(H,21,24). The van der Waals surface area contributed by atoms with E-state index in [4.69, 9.17) is 0 Å². The Morgan fingerprint density at radius 1 is 1.20 bits per heavy atom. The van der Waals surface area contributed by atoms with E-state index in [1.165, 1.54) is 37.0 Å². The normalized spacial score (nSPS) is 16.1. The fourth-order valence-corrected chi connectivity index (χ4v) is 3.56. The molecule has 5 heteroatoms. The van der Waals surface area contributed by atoms with Gasteiger partial charge >= 0.3 is 6.03 Å². The summed E-state index contributed by atoms with van der Waals surface area (Å²) in [6.45, 7) is 4.51. The highest BCUT2D eigenvalue weighted by Gasteiger charge is 2.21. The van der Waals surface area contributed by atoms with Gasteiger partial charge in [0.1, 0.15) is 0 Å². The number of hydrogen-bond donors (Lipinski definition) is 2. The van der Waals surface area contributed by atoms with Gasteiger partial charge in [0.15, 0.2) is 0 Å². The molecule has 1 saturated carbocycles. The number of aliphatic hydroxyl groups is 1. The SMILES string of the molecule is CN(CC(C)(C)O)C(=O)Nc1ccccc1CN(C)C1CCCCC1. The lowest BCUT2D eigenvalue weighted by Crippen LogP contribution is -2.42. The van der Waals surface area contributed by atoms with Crippen molar-refractivity contribution < 1.29 is 9.90 Å². The predicted octanol–water partition coefficient (Wildman–Crippen LogP) is 3.69. The van der Waals surface area contributed by atoms with Gasteiger partial charge in [0.2, 0.25) is 0 Å². The number of rotatable bonds is 6. The van der Waals surface area contributed by atoms with Crippen molar-refractivity contribution in [2.24, 2.45) is 0 Å². The summed E-state index contributed by atoms with van der Waals surface area (Å²) in [6.07, 6.45) is 6.51. The summed E-state index contributed by atoms with van der Waals surface area (Å²) in [7, 11) is 3.87. The van der Waals surface area contributed by atoms with Gasteiger partial charge in [0, 0.05) is 25.3 Å². The molecule has 0 spiro atoms. The van der Waals surface area contributed by atoms with Crippen molar-refractivity contribution in [3.05, 3.63) is 29.8 Å². The Hall–Kier alpha value is -1.59. The van der Waals surface area contributed by atoms with Gasteiger partial charge in [0.05, 0.1) is 12.1 Å². The molecule has 1 fully saturated rings. The summed E-state index contributed by atoms with van der Waals surface area (Å²) in [4.78, 5) is 16.3. The Morgan fingerprint density at radius 2 is 1.84 bits per heavy atom. The third-order valence-electron chi connectivity index (χ3n) is 4.85. The fraction of sp³-hybridized carbons (Fsp3) is 0.650. The molecule has 0 aromatic heterocycles. The molecule has 2 amide bonds. The first-order valence-corrected chi connectivity index (χ1v) is 9.29. The minimum Gasteiger partial charge on any atom is -0.389 e. The number of urea groups is 1. The summed E-state index contributed by atoms with van der Waals surface area (Å²) >= 11 is 0. The quantitative estimate of drug-likeness (QED) is 0.825. The molecular formula is C20H33N3O2. The van der Waals surface area contributed by atoms with E-state index in [9.17, 15) is 9.90 Å². The van der Waals surface area contributed by atoms with Crippen LogP contribution in [0.5, 0.6) is 0 Å². The van der Waals surface area contributed by atoms with E-state index in [1.54, 1.807) is 20.9 Å². The molecule has 0 radical (unpaired) electrons. The number of benzene rings is 1. The molecule has 5 nitrogen and oxygen atoms in total. The van der Waals surface area contributed by atoms with E-state index in [0.717, 1.165) is 17.8 Å². The predicted molar refractivity (Wildman–Crippen MR) is 103 cm³/mol. The molecule has 0 unspecified atom stereocenters. The van der Waals surface area contributed by atoms with Gasteiger partial charge in [-0.2, -0.15) is 0 Å². The van der Waals surface area contributed by atoms with Gasteiger partial charge in [-0.15, -0.1) is 0 Å². The minimum atomic E-state index is -0.910. The van der Waals surface area contributed by atoms with Crippen LogP contribution < -0.4 is 5.32 Å². The largest absolute Gasteiger partial charge is 0.389 e. The Balaban J connectivity index is 2.00. The van der Waals surface area contributed by atoms with E-state index >= 15 is 0 Å². The minimum absolute atomic E-state index is 0.199. The van der Waals surface area contributed by atoms with Gasteiger partial charge in [-0.3, -0.25) is 4.90 Å². The highest BCUT2D eigenvalue weighted by Crippen LogP contribution is 2.25. The second-order valence-corrected chi connectivity index (χ2v) is 7.96. The Bertz CT molecular complexity index is 562. The van der Waals surface area contributed by atoms with Crippen LogP contribution in [-0.2, 0) is 6.54 Å². The molecule has 140 valence electrons. The lowest BCUT2D eigenvalue weighted by atomic mass is 9.94. The molecule has 1 aliphatic carbocycles. The van der Waals surface area contributed by atoms with Crippen molar-refractivity contribution in [2.45, 2.75) is 64.1 Å². The summed E-state index contributed by atoms with van der Waals surface area (Å²) in [5.41, 5.74) is 1.06. The van der Waals surface area contributed by atoms with Crippen LogP contribution in [0, 0.1) is 0 Å². The first-order chi connectivity index (χ1) is 11.8. The second kappa shape index (κ2) is 8.68. The molecule has 0 heterocycles. The maximum atomic E-state index is 12.4. The van der Waals surface area contributed by atoms with Crippen LogP contribution in [0.15, 0.2) is 24.3 Å².